The van der Waals surface area contributed by atoms with Gasteiger partial charge in [-0.3, -0.25) is 5.32 Å². The maximum atomic E-state index is 5.54. The van der Waals surface area contributed by atoms with E-state index < -0.39 is 0 Å². The highest BCUT2D eigenvalue weighted by Gasteiger charge is 2.26. The quantitative estimate of drug-likeness (QED) is 0.557. The molecule has 0 radical (unpaired) electrons. The third-order valence-corrected chi connectivity index (χ3v) is 2.51. The molecule has 2 atom stereocenters. The molecule has 2 saturated heterocycles. The van der Waals surface area contributed by atoms with Crippen molar-refractivity contribution >= 4 is 0 Å². The van der Waals surface area contributed by atoms with Crippen molar-refractivity contribution < 1.29 is 4.74 Å². The van der Waals surface area contributed by atoms with Crippen molar-refractivity contribution in [2.24, 2.45) is 5.92 Å². The van der Waals surface area contributed by atoms with Gasteiger partial charge in [0.05, 0.1) is 6.61 Å². The Labute approximate surface area is 67.5 Å². The van der Waals surface area contributed by atoms with E-state index in [-0.39, 0.29) is 0 Å². The summed E-state index contributed by atoms with van der Waals surface area (Å²) in [6, 6.07) is 0. The van der Waals surface area contributed by atoms with Gasteiger partial charge in [0.1, 0.15) is 6.23 Å². The Balaban J connectivity index is 1.82. The first-order valence-electron chi connectivity index (χ1n) is 4.52. The van der Waals surface area contributed by atoms with Gasteiger partial charge in [0.15, 0.2) is 0 Å². The van der Waals surface area contributed by atoms with Crippen molar-refractivity contribution in [1.29, 1.82) is 0 Å². The van der Waals surface area contributed by atoms with Crippen molar-refractivity contribution in [2.45, 2.75) is 19.1 Å². The van der Waals surface area contributed by atoms with E-state index in [1.807, 2.05) is 0 Å². The van der Waals surface area contributed by atoms with Crippen LogP contribution in [0.2, 0.25) is 0 Å². The van der Waals surface area contributed by atoms with Gasteiger partial charge in [0.2, 0.25) is 0 Å². The largest absolute Gasteiger partial charge is 0.362 e. The molecule has 0 amide bonds. The molecule has 2 rings (SSSR count). The maximum Gasteiger partial charge on any atom is 0.112 e. The van der Waals surface area contributed by atoms with E-state index >= 15 is 0 Å². The lowest BCUT2D eigenvalue weighted by Gasteiger charge is -2.27. The molecule has 11 heavy (non-hydrogen) atoms. The smallest absolute Gasteiger partial charge is 0.112 e. The molecule has 0 spiro atoms. The zero-order valence-electron chi connectivity index (χ0n) is 6.81. The fourth-order valence-electron chi connectivity index (χ4n) is 1.89. The van der Waals surface area contributed by atoms with Crippen molar-refractivity contribution in [3.05, 3.63) is 0 Å². The Hall–Kier alpha value is -0.120. The predicted molar refractivity (Wildman–Crippen MR) is 43.3 cm³/mol. The van der Waals surface area contributed by atoms with Crippen LogP contribution in [-0.4, -0.2) is 32.5 Å². The summed E-state index contributed by atoms with van der Waals surface area (Å²) in [6.07, 6.45) is 2.94. The average molecular weight is 156 g/mol. The number of hydrogen-bond donors (Lipinski definition) is 2. The third-order valence-electron chi connectivity index (χ3n) is 2.51. The van der Waals surface area contributed by atoms with E-state index in [1.54, 1.807) is 0 Å². The molecule has 3 nitrogen and oxygen atoms in total. The Morgan fingerprint density at radius 3 is 2.91 bits per heavy atom. The predicted octanol–water partition coefficient (Wildman–Crippen LogP) is -0.0681. The molecule has 0 aromatic heterocycles. The number of ether oxygens (including phenoxy) is 1. The van der Waals surface area contributed by atoms with Crippen LogP contribution in [0.1, 0.15) is 12.8 Å². The summed E-state index contributed by atoms with van der Waals surface area (Å²) < 4.78 is 5.54. The lowest BCUT2D eigenvalue weighted by atomic mass is 9.98. The molecule has 2 N–H and O–H groups in total. The van der Waals surface area contributed by atoms with Crippen molar-refractivity contribution in [3.8, 4) is 0 Å². The van der Waals surface area contributed by atoms with Crippen molar-refractivity contribution in [1.82, 2.24) is 10.6 Å². The second-order valence-corrected chi connectivity index (χ2v) is 3.35. The summed E-state index contributed by atoms with van der Waals surface area (Å²) in [5.74, 6) is 0.700. The lowest BCUT2D eigenvalue weighted by Crippen LogP contribution is -2.41. The minimum atomic E-state index is 0.336. The SMILES string of the molecule is C1CNCC(C2NCCO2)C1. The number of piperidine rings is 1. The van der Waals surface area contributed by atoms with Crippen LogP contribution in [0.15, 0.2) is 0 Å². The molecule has 2 aliphatic rings. The van der Waals surface area contributed by atoms with Gasteiger partial charge < -0.3 is 10.1 Å². The second-order valence-electron chi connectivity index (χ2n) is 3.35. The lowest BCUT2D eigenvalue weighted by molar-refractivity contribution is 0.0422. The fourth-order valence-corrected chi connectivity index (χ4v) is 1.89. The first-order chi connectivity index (χ1) is 5.47. The van der Waals surface area contributed by atoms with E-state index in [0.29, 0.717) is 12.1 Å². The van der Waals surface area contributed by atoms with Crippen LogP contribution >= 0.6 is 0 Å². The van der Waals surface area contributed by atoms with Gasteiger partial charge in [0.25, 0.3) is 0 Å². The number of hydrogen-bond acceptors (Lipinski definition) is 3. The van der Waals surface area contributed by atoms with Crippen LogP contribution in [0, 0.1) is 5.92 Å². The van der Waals surface area contributed by atoms with Crippen LogP contribution in [0.25, 0.3) is 0 Å². The van der Waals surface area contributed by atoms with E-state index in [2.05, 4.69) is 10.6 Å². The molecule has 0 aliphatic carbocycles. The Bertz CT molecular complexity index is 117. The maximum absolute atomic E-state index is 5.54. The zero-order chi connectivity index (χ0) is 7.52. The first-order valence-corrected chi connectivity index (χ1v) is 4.52. The van der Waals surface area contributed by atoms with Gasteiger partial charge in [0, 0.05) is 19.0 Å². The van der Waals surface area contributed by atoms with Crippen LogP contribution in [0.3, 0.4) is 0 Å². The third kappa shape index (κ3) is 1.72. The average Bonchev–Trinajstić information content (AvgIpc) is 2.58. The summed E-state index contributed by atoms with van der Waals surface area (Å²) in [5.41, 5.74) is 0. The molecule has 0 saturated carbocycles. The van der Waals surface area contributed by atoms with E-state index in [9.17, 15) is 0 Å². The highest BCUT2D eigenvalue weighted by atomic mass is 16.5. The monoisotopic (exact) mass is 156 g/mol. The van der Waals surface area contributed by atoms with E-state index in [0.717, 1.165) is 19.7 Å². The molecule has 3 heteroatoms. The summed E-state index contributed by atoms with van der Waals surface area (Å²) in [5, 5.41) is 6.76. The number of rotatable bonds is 1. The molecular weight excluding hydrogens is 140 g/mol. The van der Waals surface area contributed by atoms with Gasteiger partial charge >= 0.3 is 0 Å². The summed E-state index contributed by atoms with van der Waals surface area (Å²) in [7, 11) is 0. The van der Waals surface area contributed by atoms with E-state index in [1.165, 1.54) is 19.4 Å². The van der Waals surface area contributed by atoms with Crippen LogP contribution in [0.5, 0.6) is 0 Å². The molecular formula is C8H16N2O. The highest BCUT2D eigenvalue weighted by Crippen LogP contribution is 2.17. The van der Waals surface area contributed by atoms with Crippen molar-refractivity contribution in [3.63, 3.8) is 0 Å². The Kier molecular flexibility index (Phi) is 2.41. The Morgan fingerprint density at radius 2 is 2.27 bits per heavy atom. The summed E-state index contributed by atoms with van der Waals surface area (Å²) in [4.78, 5) is 0. The van der Waals surface area contributed by atoms with Gasteiger partial charge in [-0.05, 0) is 19.4 Å². The van der Waals surface area contributed by atoms with Gasteiger partial charge in [-0.1, -0.05) is 0 Å². The zero-order valence-corrected chi connectivity index (χ0v) is 6.81. The molecule has 2 unspecified atom stereocenters. The topological polar surface area (TPSA) is 33.3 Å². The summed E-state index contributed by atoms with van der Waals surface area (Å²) in [6.45, 7) is 4.23. The second kappa shape index (κ2) is 3.52. The van der Waals surface area contributed by atoms with Crippen molar-refractivity contribution in [2.75, 3.05) is 26.2 Å². The van der Waals surface area contributed by atoms with Gasteiger partial charge in [-0.25, -0.2) is 0 Å². The van der Waals surface area contributed by atoms with Crippen LogP contribution in [-0.2, 0) is 4.74 Å². The number of nitrogens with one attached hydrogen (secondary N) is 2. The molecule has 64 valence electrons. The molecule has 2 heterocycles. The normalized spacial score (nSPS) is 39.3. The molecule has 0 aromatic rings. The highest BCUT2D eigenvalue weighted by molar-refractivity contribution is 4.77. The summed E-state index contributed by atoms with van der Waals surface area (Å²) >= 11 is 0. The molecule has 2 fully saturated rings. The van der Waals surface area contributed by atoms with Gasteiger partial charge in [-0.2, -0.15) is 0 Å². The minimum absolute atomic E-state index is 0.336. The van der Waals surface area contributed by atoms with Crippen LogP contribution < -0.4 is 10.6 Å². The molecule has 0 bridgehead atoms. The molecule has 2 aliphatic heterocycles. The van der Waals surface area contributed by atoms with E-state index in [4.69, 9.17) is 4.74 Å². The van der Waals surface area contributed by atoms with Crippen LogP contribution in [0.4, 0.5) is 0 Å². The minimum Gasteiger partial charge on any atom is -0.362 e. The fraction of sp³-hybridized carbons (Fsp3) is 1.00. The molecule has 0 aromatic carbocycles. The standard InChI is InChI=1S/C8H16N2O/c1-2-7(6-9-3-1)8-10-4-5-11-8/h7-10H,1-6H2. The first kappa shape index (κ1) is 7.53. The Morgan fingerprint density at radius 1 is 1.27 bits per heavy atom. The van der Waals surface area contributed by atoms with Gasteiger partial charge in [-0.15, -0.1) is 0 Å².